The third kappa shape index (κ3) is 3.33. The van der Waals surface area contributed by atoms with E-state index in [1.807, 2.05) is 13.8 Å². The van der Waals surface area contributed by atoms with Crippen molar-refractivity contribution in [3.63, 3.8) is 0 Å². The quantitative estimate of drug-likeness (QED) is 0.813. The predicted molar refractivity (Wildman–Crippen MR) is 66.5 cm³/mol. The van der Waals surface area contributed by atoms with E-state index in [1.165, 1.54) is 6.20 Å². The number of nitrogens with zero attached hydrogens (tertiary/aromatic N) is 2. The van der Waals surface area contributed by atoms with Gasteiger partial charge in [0.15, 0.2) is 5.03 Å². The van der Waals surface area contributed by atoms with E-state index in [1.54, 1.807) is 17.7 Å². The maximum atomic E-state index is 12.0. The van der Waals surface area contributed by atoms with Gasteiger partial charge in [0.1, 0.15) is 5.25 Å². The second-order valence-electron chi connectivity index (χ2n) is 3.89. The summed E-state index contributed by atoms with van der Waals surface area (Å²) in [4.78, 5) is 26.8. The molecule has 0 amide bonds. The summed E-state index contributed by atoms with van der Waals surface area (Å²) >= 11 is 1.01. The van der Waals surface area contributed by atoms with Crippen molar-refractivity contribution in [2.24, 2.45) is 0 Å². The van der Waals surface area contributed by atoms with Crippen molar-refractivity contribution in [1.82, 2.24) is 9.55 Å². The first-order valence-electron chi connectivity index (χ1n) is 5.44. The van der Waals surface area contributed by atoms with Crippen molar-refractivity contribution in [3.8, 4) is 0 Å². The number of hydrogen-bond acceptors (Lipinski definition) is 4. The van der Waals surface area contributed by atoms with E-state index < -0.39 is 11.2 Å². The smallest absolute Gasteiger partial charge is 0.317 e. The van der Waals surface area contributed by atoms with Crippen LogP contribution in [0.25, 0.3) is 0 Å². The molecule has 94 valence electrons. The van der Waals surface area contributed by atoms with Gasteiger partial charge in [-0.3, -0.25) is 9.59 Å². The van der Waals surface area contributed by atoms with Crippen LogP contribution in [0, 0.1) is 0 Å². The summed E-state index contributed by atoms with van der Waals surface area (Å²) in [6.07, 6.45) is 3.59. The average molecular weight is 256 g/mol. The van der Waals surface area contributed by atoms with Crippen LogP contribution in [-0.4, -0.2) is 25.9 Å². The van der Waals surface area contributed by atoms with E-state index in [-0.39, 0.29) is 16.6 Å². The van der Waals surface area contributed by atoms with Gasteiger partial charge in [-0.1, -0.05) is 18.7 Å². The largest absolute Gasteiger partial charge is 0.480 e. The summed E-state index contributed by atoms with van der Waals surface area (Å²) in [7, 11) is 0. The number of carbonyl (C=O) groups is 1. The minimum Gasteiger partial charge on any atom is -0.480 e. The number of hydrogen-bond donors (Lipinski definition) is 1. The summed E-state index contributed by atoms with van der Waals surface area (Å²) in [5.74, 6) is -0.918. The van der Waals surface area contributed by atoms with Crippen LogP contribution in [0.4, 0.5) is 0 Å². The normalized spacial score (nSPS) is 12.7. The lowest BCUT2D eigenvalue weighted by atomic mass is 10.3. The van der Waals surface area contributed by atoms with Crippen molar-refractivity contribution >= 4 is 17.7 Å². The third-order valence-electron chi connectivity index (χ3n) is 2.29. The van der Waals surface area contributed by atoms with Crippen LogP contribution in [0.2, 0.25) is 0 Å². The molecule has 0 bridgehead atoms. The molecule has 0 aliphatic carbocycles. The molecule has 1 N–H and O–H groups in total. The summed E-state index contributed by atoms with van der Waals surface area (Å²) in [5.41, 5.74) is -0.229. The highest BCUT2D eigenvalue weighted by Crippen LogP contribution is 2.20. The molecule has 1 rings (SSSR count). The van der Waals surface area contributed by atoms with Gasteiger partial charge >= 0.3 is 5.97 Å². The molecular weight excluding hydrogens is 240 g/mol. The van der Waals surface area contributed by atoms with Crippen LogP contribution < -0.4 is 5.56 Å². The lowest BCUT2D eigenvalue weighted by Crippen LogP contribution is -2.25. The second-order valence-corrected chi connectivity index (χ2v) is 5.08. The molecule has 1 atom stereocenters. The van der Waals surface area contributed by atoms with Crippen LogP contribution in [0.1, 0.15) is 33.2 Å². The number of aliphatic carboxylic acids is 1. The first-order valence-corrected chi connectivity index (χ1v) is 6.32. The molecule has 0 radical (unpaired) electrons. The Kier molecular flexibility index (Phi) is 4.74. The lowest BCUT2D eigenvalue weighted by molar-refractivity contribution is -0.136. The molecule has 0 aliphatic rings. The van der Waals surface area contributed by atoms with E-state index in [0.29, 0.717) is 6.42 Å². The van der Waals surface area contributed by atoms with E-state index >= 15 is 0 Å². The Labute approximate surface area is 104 Å². The zero-order valence-electron chi connectivity index (χ0n) is 10.1. The fraction of sp³-hybridized carbons (Fsp3) is 0.545. The Morgan fingerprint density at radius 2 is 2.24 bits per heavy atom. The number of rotatable bonds is 5. The van der Waals surface area contributed by atoms with Gasteiger partial charge < -0.3 is 9.67 Å². The van der Waals surface area contributed by atoms with Crippen molar-refractivity contribution < 1.29 is 9.90 Å². The fourth-order valence-corrected chi connectivity index (χ4v) is 2.20. The molecule has 0 spiro atoms. The van der Waals surface area contributed by atoms with Crippen LogP contribution in [0.5, 0.6) is 0 Å². The molecule has 0 aliphatic heterocycles. The summed E-state index contributed by atoms with van der Waals surface area (Å²) in [6.45, 7) is 5.56. The van der Waals surface area contributed by atoms with Crippen LogP contribution in [0.3, 0.4) is 0 Å². The molecule has 5 nitrogen and oxygen atoms in total. The molecule has 1 aromatic heterocycles. The SMILES string of the molecule is CCC(Sc1nccn(C(C)C)c1=O)C(=O)O. The topological polar surface area (TPSA) is 72.2 Å². The summed E-state index contributed by atoms with van der Waals surface area (Å²) < 4.78 is 1.55. The second kappa shape index (κ2) is 5.86. The lowest BCUT2D eigenvalue weighted by Gasteiger charge is -2.12. The third-order valence-corrected chi connectivity index (χ3v) is 3.62. The van der Waals surface area contributed by atoms with Gasteiger partial charge in [0.05, 0.1) is 0 Å². The van der Waals surface area contributed by atoms with Crippen molar-refractivity contribution in [2.75, 3.05) is 0 Å². The van der Waals surface area contributed by atoms with Crippen LogP contribution >= 0.6 is 11.8 Å². The maximum Gasteiger partial charge on any atom is 0.317 e. The molecule has 0 saturated heterocycles. The maximum absolute atomic E-state index is 12.0. The van der Waals surface area contributed by atoms with E-state index in [9.17, 15) is 9.59 Å². The molecule has 0 fully saturated rings. The number of aromatic nitrogens is 2. The average Bonchev–Trinajstić information content (AvgIpc) is 2.26. The molecule has 1 heterocycles. The highest BCUT2D eigenvalue weighted by molar-refractivity contribution is 8.00. The zero-order valence-corrected chi connectivity index (χ0v) is 10.9. The van der Waals surface area contributed by atoms with Gasteiger partial charge in [-0.2, -0.15) is 0 Å². The first kappa shape index (κ1) is 13.8. The van der Waals surface area contributed by atoms with Crippen LogP contribution in [0.15, 0.2) is 22.2 Å². The van der Waals surface area contributed by atoms with Crippen molar-refractivity contribution in [2.45, 2.75) is 43.5 Å². The molecule has 0 saturated carbocycles. The highest BCUT2D eigenvalue weighted by atomic mass is 32.2. The minimum absolute atomic E-state index is 0.0368. The Morgan fingerprint density at radius 1 is 1.59 bits per heavy atom. The first-order chi connectivity index (χ1) is 7.97. The Morgan fingerprint density at radius 3 is 2.71 bits per heavy atom. The Bertz CT molecular complexity index is 456. The molecular formula is C11H16N2O3S. The van der Waals surface area contributed by atoms with Gasteiger partial charge in [-0.25, -0.2) is 4.98 Å². The van der Waals surface area contributed by atoms with Gasteiger partial charge in [-0.05, 0) is 20.3 Å². The van der Waals surface area contributed by atoms with E-state index in [2.05, 4.69) is 4.98 Å². The van der Waals surface area contributed by atoms with Crippen molar-refractivity contribution in [1.29, 1.82) is 0 Å². The fourth-order valence-electron chi connectivity index (χ4n) is 1.34. The Hall–Kier alpha value is -1.30. The minimum atomic E-state index is -0.918. The molecule has 6 heteroatoms. The van der Waals surface area contributed by atoms with Crippen LogP contribution in [-0.2, 0) is 4.79 Å². The van der Waals surface area contributed by atoms with E-state index in [4.69, 9.17) is 5.11 Å². The monoisotopic (exact) mass is 256 g/mol. The number of carboxylic acid groups (broad SMARTS) is 1. The molecule has 17 heavy (non-hydrogen) atoms. The van der Waals surface area contributed by atoms with Crippen molar-refractivity contribution in [3.05, 3.63) is 22.7 Å². The van der Waals surface area contributed by atoms with Gasteiger partial charge in [0.2, 0.25) is 0 Å². The number of carboxylic acids is 1. The predicted octanol–water partition coefficient (Wildman–Crippen LogP) is 1.78. The zero-order chi connectivity index (χ0) is 13.0. The molecule has 1 unspecified atom stereocenters. The summed E-state index contributed by atoms with van der Waals surface area (Å²) in [5, 5.41) is 8.57. The van der Waals surface area contributed by atoms with Gasteiger partial charge in [0.25, 0.3) is 5.56 Å². The summed E-state index contributed by atoms with van der Waals surface area (Å²) in [6, 6.07) is 0.0368. The van der Waals surface area contributed by atoms with Gasteiger partial charge in [-0.15, -0.1) is 0 Å². The van der Waals surface area contributed by atoms with Gasteiger partial charge in [0, 0.05) is 18.4 Å². The highest BCUT2D eigenvalue weighted by Gasteiger charge is 2.19. The number of thioether (sulfide) groups is 1. The molecule has 0 aromatic carbocycles. The molecule has 1 aromatic rings. The van der Waals surface area contributed by atoms with E-state index in [0.717, 1.165) is 11.8 Å². The Balaban J connectivity index is 3.03. The standard InChI is InChI=1S/C11H16N2O3S/c1-4-8(11(15)16)17-9-10(14)13(7(2)3)6-5-12-9/h5-8H,4H2,1-3H3,(H,15,16).